The molecule has 168 valence electrons. The molecule has 0 bridgehead atoms. The third-order valence-corrected chi connectivity index (χ3v) is 6.39. The molecule has 2 heterocycles. The first-order valence-electron chi connectivity index (χ1n) is 11.3. The molecule has 0 saturated heterocycles. The van der Waals surface area contributed by atoms with Crippen molar-refractivity contribution in [1.82, 2.24) is 14.5 Å². The topological polar surface area (TPSA) is 82.1 Å². The van der Waals surface area contributed by atoms with Crippen LogP contribution in [-0.2, 0) is 26.3 Å². The van der Waals surface area contributed by atoms with E-state index in [4.69, 9.17) is 4.52 Å². The number of nitrogens with one attached hydrogen (secondary N) is 1. The smallest absolute Gasteiger partial charge is 0.295 e. The summed E-state index contributed by atoms with van der Waals surface area (Å²) < 4.78 is 8.90. The molecule has 1 aliphatic rings. The van der Waals surface area contributed by atoms with E-state index in [9.17, 15) is 9.59 Å². The second kappa shape index (κ2) is 8.24. The summed E-state index contributed by atoms with van der Waals surface area (Å²) in [6, 6.07) is 15.7. The zero-order chi connectivity index (χ0) is 23.1. The minimum absolute atomic E-state index is 0.238. The predicted molar refractivity (Wildman–Crippen MR) is 127 cm³/mol. The van der Waals surface area contributed by atoms with Gasteiger partial charge in [-0.05, 0) is 49.4 Å². The van der Waals surface area contributed by atoms with Gasteiger partial charge in [0.2, 0.25) is 0 Å². The molecule has 1 amide bonds. The van der Waals surface area contributed by atoms with Crippen molar-refractivity contribution in [1.29, 1.82) is 0 Å². The molecular weight excluding hydrogens is 416 g/mol. The van der Waals surface area contributed by atoms with Gasteiger partial charge in [-0.2, -0.15) is 0 Å². The largest absolute Gasteiger partial charge is 0.355 e. The lowest BCUT2D eigenvalue weighted by atomic mass is 9.88. The number of nitrogens with zero attached hydrogens (tertiary/aromatic N) is 3. The first kappa shape index (κ1) is 21.0. The number of carbonyl (C=O) groups is 1. The Morgan fingerprint density at radius 1 is 1.15 bits per heavy atom. The summed E-state index contributed by atoms with van der Waals surface area (Å²) in [6.45, 7) is 3.97. The Morgan fingerprint density at radius 2 is 1.94 bits per heavy atom. The molecule has 0 aliphatic heterocycles. The molecule has 2 aromatic carbocycles. The molecule has 7 heteroatoms. The van der Waals surface area contributed by atoms with Crippen molar-refractivity contribution in [2.45, 2.75) is 39.5 Å². The number of rotatable bonds is 5. The van der Waals surface area contributed by atoms with Gasteiger partial charge in [-0.15, -0.1) is 0 Å². The van der Waals surface area contributed by atoms with Crippen LogP contribution in [0.4, 0.5) is 5.69 Å². The van der Waals surface area contributed by atoms with E-state index in [2.05, 4.69) is 35.6 Å². The van der Waals surface area contributed by atoms with Crippen LogP contribution in [0.2, 0.25) is 0 Å². The van der Waals surface area contributed by atoms with Gasteiger partial charge < -0.3 is 9.84 Å². The summed E-state index contributed by atoms with van der Waals surface area (Å²) in [5.41, 5.74) is 5.89. The van der Waals surface area contributed by atoms with Gasteiger partial charge in [0, 0.05) is 18.2 Å². The summed E-state index contributed by atoms with van der Waals surface area (Å²) in [4.78, 5) is 26.3. The van der Waals surface area contributed by atoms with Crippen molar-refractivity contribution >= 4 is 11.6 Å². The maximum Gasteiger partial charge on any atom is 0.295 e. The first-order chi connectivity index (χ1) is 16.0. The molecular formula is C26H26N4O3. The molecule has 2 aromatic heterocycles. The van der Waals surface area contributed by atoms with Crippen LogP contribution in [0.15, 0.2) is 57.8 Å². The molecule has 7 nitrogen and oxygen atoms in total. The second-order valence-corrected chi connectivity index (χ2v) is 8.47. The van der Waals surface area contributed by atoms with E-state index in [1.54, 1.807) is 18.7 Å². The molecule has 5 rings (SSSR count). The highest BCUT2D eigenvalue weighted by molar-refractivity contribution is 6.05. The molecule has 0 spiro atoms. The van der Waals surface area contributed by atoms with E-state index in [1.165, 1.54) is 15.8 Å². The van der Waals surface area contributed by atoms with E-state index in [-0.39, 0.29) is 16.9 Å². The number of hydrogen-bond acceptors (Lipinski definition) is 4. The predicted octanol–water partition coefficient (Wildman–Crippen LogP) is 4.44. The third kappa shape index (κ3) is 3.50. The van der Waals surface area contributed by atoms with Gasteiger partial charge in [0.15, 0.2) is 11.5 Å². The Bertz CT molecular complexity index is 1410. The quantitative estimate of drug-likeness (QED) is 0.495. The van der Waals surface area contributed by atoms with Crippen molar-refractivity contribution in [3.8, 4) is 17.0 Å². The highest BCUT2D eigenvalue weighted by Crippen LogP contribution is 2.36. The van der Waals surface area contributed by atoms with E-state index in [0.717, 1.165) is 36.1 Å². The number of aryl methyl sites for hydroxylation is 2. The molecule has 33 heavy (non-hydrogen) atoms. The second-order valence-electron chi connectivity index (χ2n) is 8.47. The Labute approximate surface area is 191 Å². The Balaban J connectivity index is 1.47. The summed E-state index contributed by atoms with van der Waals surface area (Å²) in [7, 11) is 1.79. The molecule has 0 radical (unpaired) electrons. The van der Waals surface area contributed by atoms with Crippen molar-refractivity contribution in [2.75, 3.05) is 5.32 Å². The zero-order valence-corrected chi connectivity index (χ0v) is 19.0. The van der Waals surface area contributed by atoms with Crippen LogP contribution in [0.3, 0.4) is 0 Å². The standard InChI is InChI=1S/C26H26N4O3/c1-4-8-17-11-13-20-18(15-17)12-14-21-23(28-33-24(20)21)25(31)27-22-16(2)29(3)30(26(22)32)19-9-6-5-7-10-19/h5-7,9-11,13,15H,4,8,12,14H2,1-3H3,(H,27,31). The number of benzene rings is 2. The molecule has 1 aliphatic carbocycles. The van der Waals surface area contributed by atoms with Gasteiger partial charge in [0.25, 0.3) is 11.5 Å². The lowest BCUT2D eigenvalue weighted by Gasteiger charge is -2.16. The van der Waals surface area contributed by atoms with Gasteiger partial charge in [0.05, 0.1) is 11.4 Å². The number of para-hydroxylation sites is 1. The minimum atomic E-state index is -0.433. The fourth-order valence-electron chi connectivity index (χ4n) is 4.60. The summed E-state index contributed by atoms with van der Waals surface area (Å²) in [5.74, 6) is 0.216. The Morgan fingerprint density at radius 3 is 2.70 bits per heavy atom. The minimum Gasteiger partial charge on any atom is -0.355 e. The van der Waals surface area contributed by atoms with Crippen LogP contribution in [0.5, 0.6) is 0 Å². The molecule has 0 unspecified atom stereocenters. The van der Waals surface area contributed by atoms with Gasteiger partial charge in [0.1, 0.15) is 5.69 Å². The lowest BCUT2D eigenvalue weighted by molar-refractivity contribution is 0.101. The maximum atomic E-state index is 13.2. The maximum absolute atomic E-state index is 13.2. The van der Waals surface area contributed by atoms with Crippen molar-refractivity contribution < 1.29 is 9.32 Å². The third-order valence-electron chi connectivity index (χ3n) is 6.39. The number of anilines is 1. The first-order valence-corrected chi connectivity index (χ1v) is 11.3. The van der Waals surface area contributed by atoms with Crippen LogP contribution in [0.25, 0.3) is 17.0 Å². The SMILES string of the molecule is CCCc1ccc2c(c1)CCc1c(C(=O)Nc3c(C)n(C)n(-c4ccccc4)c3=O)noc1-2. The van der Waals surface area contributed by atoms with E-state index >= 15 is 0 Å². The van der Waals surface area contributed by atoms with E-state index in [0.29, 0.717) is 17.9 Å². The van der Waals surface area contributed by atoms with Gasteiger partial charge in [-0.3, -0.25) is 14.3 Å². The normalized spacial score (nSPS) is 12.3. The van der Waals surface area contributed by atoms with E-state index in [1.807, 2.05) is 30.3 Å². The molecule has 4 aromatic rings. The number of aromatic nitrogens is 3. The fraction of sp³-hybridized carbons (Fsp3) is 0.269. The average Bonchev–Trinajstić information content (AvgIpc) is 3.35. The summed E-state index contributed by atoms with van der Waals surface area (Å²) in [5, 5.41) is 6.89. The zero-order valence-electron chi connectivity index (χ0n) is 19.0. The molecule has 0 saturated carbocycles. The van der Waals surface area contributed by atoms with Crippen LogP contribution in [0, 0.1) is 6.92 Å². The number of carbonyl (C=O) groups excluding carboxylic acids is 1. The van der Waals surface area contributed by atoms with Crippen molar-refractivity contribution in [3.05, 3.63) is 87.0 Å². The van der Waals surface area contributed by atoms with Gasteiger partial charge >= 0.3 is 0 Å². The van der Waals surface area contributed by atoms with Crippen molar-refractivity contribution in [3.63, 3.8) is 0 Å². The average molecular weight is 443 g/mol. The highest BCUT2D eigenvalue weighted by Gasteiger charge is 2.29. The number of amides is 1. The van der Waals surface area contributed by atoms with Crippen LogP contribution >= 0.6 is 0 Å². The van der Waals surface area contributed by atoms with Crippen LogP contribution in [-0.4, -0.2) is 20.4 Å². The Hall–Kier alpha value is -3.87. The van der Waals surface area contributed by atoms with Crippen molar-refractivity contribution in [2.24, 2.45) is 7.05 Å². The van der Waals surface area contributed by atoms with Gasteiger partial charge in [-0.25, -0.2) is 4.68 Å². The van der Waals surface area contributed by atoms with Crippen LogP contribution < -0.4 is 10.9 Å². The summed E-state index contributed by atoms with van der Waals surface area (Å²) in [6.07, 6.45) is 3.64. The number of hydrogen-bond donors (Lipinski definition) is 1. The highest BCUT2D eigenvalue weighted by atomic mass is 16.5. The summed E-state index contributed by atoms with van der Waals surface area (Å²) >= 11 is 0. The number of fused-ring (bicyclic) bond motifs is 3. The Kier molecular flexibility index (Phi) is 5.24. The molecule has 1 N–H and O–H groups in total. The van der Waals surface area contributed by atoms with Gasteiger partial charge in [-0.1, -0.05) is 54.9 Å². The fourth-order valence-corrected chi connectivity index (χ4v) is 4.60. The van der Waals surface area contributed by atoms with E-state index < -0.39 is 5.91 Å². The van der Waals surface area contributed by atoms with Crippen LogP contribution in [0.1, 0.15) is 46.2 Å². The monoisotopic (exact) mass is 442 g/mol. The lowest BCUT2D eigenvalue weighted by Crippen LogP contribution is -2.23. The molecule has 0 atom stereocenters. The molecule has 0 fully saturated rings.